The summed E-state index contributed by atoms with van der Waals surface area (Å²) in [5, 5.41) is 0. The molecular weight excluding hydrogens is 232 g/mol. The van der Waals surface area contributed by atoms with Gasteiger partial charge in [0.2, 0.25) is 0 Å². The van der Waals surface area contributed by atoms with Crippen molar-refractivity contribution in [3.05, 3.63) is 0 Å². The van der Waals surface area contributed by atoms with Gasteiger partial charge in [-0.3, -0.25) is 4.79 Å². The van der Waals surface area contributed by atoms with Crippen molar-refractivity contribution in [1.29, 1.82) is 0 Å². The Balaban J connectivity index is 2.29. The molecule has 0 radical (unpaired) electrons. The predicted octanol–water partition coefficient (Wildman–Crippen LogP) is 5.77. The molecule has 112 valence electrons. The fourth-order valence-electron chi connectivity index (χ4n) is 3.58. The zero-order valence-electron chi connectivity index (χ0n) is 13.4. The smallest absolute Gasteiger partial charge is 0.136 e. The SMILES string of the molecule is CCCCC(CC)CC(=O)C1CCC(CCC)CC1. The van der Waals surface area contributed by atoms with E-state index in [0.29, 0.717) is 17.6 Å². The monoisotopic (exact) mass is 266 g/mol. The molecule has 0 saturated heterocycles. The van der Waals surface area contributed by atoms with Crippen molar-refractivity contribution in [3.8, 4) is 0 Å². The first kappa shape index (κ1) is 16.7. The second kappa shape index (κ2) is 9.55. The average Bonchev–Trinajstić information content (AvgIpc) is 2.44. The van der Waals surface area contributed by atoms with Crippen molar-refractivity contribution in [3.63, 3.8) is 0 Å². The first-order valence-corrected chi connectivity index (χ1v) is 8.73. The molecule has 1 heteroatoms. The Bertz CT molecular complexity index is 238. The lowest BCUT2D eigenvalue weighted by Gasteiger charge is -2.28. The van der Waals surface area contributed by atoms with Gasteiger partial charge in [0.1, 0.15) is 5.78 Å². The minimum Gasteiger partial charge on any atom is -0.299 e. The molecule has 0 aromatic heterocycles. The van der Waals surface area contributed by atoms with E-state index in [-0.39, 0.29) is 0 Å². The van der Waals surface area contributed by atoms with E-state index < -0.39 is 0 Å². The van der Waals surface area contributed by atoms with Gasteiger partial charge in [-0.15, -0.1) is 0 Å². The maximum absolute atomic E-state index is 12.4. The van der Waals surface area contributed by atoms with Crippen molar-refractivity contribution in [2.75, 3.05) is 0 Å². The zero-order valence-corrected chi connectivity index (χ0v) is 13.4. The number of rotatable bonds is 9. The summed E-state index contributed by atoms with van der Waals surface area (Å²) in [5.41, 5.74) is 0. The van der Waals surface area contributed by atoms with E-state index in [9.17, 15) is 4.79 Å². The molecule has 0 spiro atoms. The molecule has 0 aromatic rings. The van der Waals surface area contributed by atoms with Gasteiger partial charge in [0, 0.05) is 12.3 Å². The van der Waals surface area contributed by atoms with E-state index in [1.54, 1.807) is 0 Å². The van der Waals surface area contributed by atoms with Crippen LogP contribution >= 0.6 is 0 Å². The second-order valence-electron chi connectivity index (χ2n) is 6.59. The van der Waals surface area contributed by atoms with Gasteiger partial charge in [-0.05, 0) is 37.5 Å². The van der Waals surface area contributed by atoms with Crippen LogP contribution in [0.25, 0.3) is 0 Å². The van der Waals surface area contributed by atoms with Gasteiger partial charge in [0.05, 0.1) is 0 Å². The largest absolute Gasteiger partial charge is 0.299 e. The van der Waals surface area contributed by atoms with Gasteiger partial charge < -0.3 is 0 Å². The molecule has 1 nitrogen and oxygen atoms in total. The lowest BCUT2D eigenvalue weighted by molar-refractivity contribution is -0.125. The fraction of sp³-hybridized carbons (Fsp3) is 0.944. The lowest BCUT2D eigenvalue weighted by Crippen LogP contribution is -2.23. The van der Waals surface area contributed by atoms with Crippen molar-refractivity contribution in [2.24, 2.45) is 17.8 Å². The standard InChI is InChI=1S/C18H34O/c1-4-7-9-15(6-3)14-18(19)17-12-10-16(8-5-2)11-13-17/h15-17H,4-14H2,1-3H3. The summed E-state index contributed by atoms with van der Waals surface area (Å²) in [6.07, 6.45) is 13.5. The number of carbonyl (C=O) groups is 1. The number of hydrogen-bond acceptors (Lipinski definition) is 1. The Morgan fingerprint density at radius 3 is 2.26 bits per heavy atom. The van der Waals surface area contributed by atoms with Crippen molar-refractivity contribution in [2.45, 2.75) is 91.4 Å². The summed E-state index contributed by atoms with van der Waals surface area (Å²) in [7, 11) is 0. The summed E-state index contributed by atoms with van der Waals surface area (Å²) < 4.78 is 0. The third-order valence-electron chi connectivity index (χ3n) is 5.03. The number of carbonyl (C=O) groups excluding carboxylic acids is 1. The molecule has 0 bridgehead atoms. The van der Waals surface area contributed by atoms with Crippen molar-refractivity contribution >= 4 is 5.78 Å². The third kappa shape index (κ3) is 6.10. The van der Waals surface area contributed by atoms with Gasteiger partial charge in [0.15, 0.2) is 0 Å². The van der Waals surface area contributed by atoms with E-state index in [1.165, 1.54) is 64.2 Å². The first-order chi connectivity index (χ1) is 9.21. The summed E-state index contributed by atoms with van der Waals surface area (Å²) in [5.74, 6) is 2.55. The molecule has 19 heavy (non-hydrogen) atoms. The lowest BCUT2D eigenvalue weighted by atomic mass is 9.76. The second-order valence-corrected chi connectivity index (χ2v) is 6.59. The molecule has 1 aliphatic carbocycles. The van der Waals surface area contributed by atoms with Crippen molar-refractivity contribution < 1.29 is 4.79 Å². The van der Waals surface area contributed by atoms with E-state index in [2.05, 4.69) is 20.8 Å². The summed E-state index contributed by atoms with van der Waals surface area (Å²) in [6, 6.07) is 0. The van der Waals surface area contributed by atoms with E-state index in [1.807, 2.05) is 0 Å². The number of ketones is 1. The molecule has 1 fully saturated rings. The van der Waals surface area contributed by atoms with Crippen LogP contribution in [0.1, 0.15) is 91.4 Å². The van der Waals surface area contributed by atoms with Crippen LogP contribution in [0, 0.1) is 17.8 Å². The summed E-state index contributed by atoms with van der Waals surface area (Å²) in [4.78, 5) is 12.4. The summed E-state index contributed by atoms with van der Waals surface area (Å²) in [6.45, 7) is 6.76. The molecule has 0 aliphatic heterocycles. The van der Waals surface area contributed by atoms with Crippen LogP contribution in [0.15, 0.2) is 0 Å². The fourth-order valence-corrected chi connectivity index (χ4v) is 3.58. The molecule has 0 amide bonds. The molecule has 0 heterocycles. The Morgan fingerprint density at radius 1 is 1.05 bits per heavy atom. The highest BCUT2D eigenvalue weighted by atomic mass is 16.1. The Labute approximate surface area is 120 Å². The normalized spacial score (nSPS) is 25.2. The number of unbranched alkanes of at least 4 members (excludes halogenated alkanes) is 1. The Morgan fingerprint density at radius 2 is 1.74 bits per heavy atom. The molecule has 0 aromatic carbocycles. The van der Waals surface area contributed by atoms with Crippen LogP contribution in [-0.2, 0) is 4.79 Å². The van der Waals surface area contributed by atoms with E-state index in [0.717, 1.165) is 12.3 Å². The molecule has 1 unspecified atom stereocenters. The van der Waals surface area contributed by atoms with Crippen LogP contribution in [0.2, 0.25) is 0 Å². The van der Waals surface area contributed by atoms with Gasteiger partial charge in [0.25, 0.3) is 0 Å². The number of Topliss-reactive ketones (excluding diaryl/α,β-unsaturated/α-hetero) is 1. The quantitative estimate of drug-likeness (QED) is 0.518. The molecular formula is C18H34O. The first-order valence-electron chi connectivity index (χ1n) is 8.73. The third-order valence-corrected chi connectivity index (χ3v) is 5.03. The predicted molar refractivity (Wildman–Crippen MR) is 83.3 cm³/mol. The molecule has 1 atom stereocenters. The van der Waals surface area contributed by atoms with E-state index in [4.69, 9.17) is 0 Å². The minimum absolute atomic E-state index is 0.406. The van der Waals surface area contributed by atoms with Crippen molar-refractivity contribution in [1.82, 2.24) is 0 Å². The number of hydrogen-bond donors (Lipinski definition) is 0. The van der Waals surface area contributed by atoms with Gasteiger partial charge in [-0.1, -0.05) is 59.3 Å². The highest BCUT2D eigenvalue weighted by Gasteiger charge is 2.26. The molecule has 1 saturated carbocycles. The highest BCUT2D eigenvalue weighted by molar-refractivity contribution is 5.81. The van der Waals surface area contributed by atoms with Crippen LogP contribution < -0.4 is 0 Å². The Hall–Kier alpha value is -0.330. The van der Waals surface area contributed by atoms with Crippen LogP contribution in [0.3, 0.4) is 0 Å². The van der Waals surface area contributed by atoms with Gasteiger partial charge in [-0.2, -0.15) is 0 Å². The zero-order chi connectivity index (χ0) is 14.1. The minimum atomic E-state index is 0.406. The van der Waals surface area contributed by atoms with E-state index >= 15 is 0 Å². The average molecular weight is 266 g/mol. The topological polar surface area (TPSA) is 17.1 Å². The van der Waals surface area contributed by atoms with Crippen LogP contribution in [0.4, 0.5) is 0 Å². The maximum Gasteiger partial charge on any atom is 0.136 e. The maximum atomic E-state index is 12.4. The highest BCUT2D eigenvalue weighted by Crippen LogP contribution is 2.33. The van der Waals surface area contributed by atoms with Crippen LogP contribution in [0.5, 0.6) is 0 Å². The molecule has 0 N–H and O–H groups in total. The summed E-state index contributed by atoms with van der Waals surface area (Å²) >= 11 is 0. The Kier molecular flexibility index (Phi) is 8.41. The molecule has 1 aliphatic rings. The van der Waals surface area contributed by atoms with Gasteiger partial charge in [-0.25, -0.2) is 0 Å². The molecule has 1 rings (SSSR count). The van der Waals surface area contributed by atoms with Gasteiger partial charge >= 0.3 is 0 Å². The van der Waals surface area contributed by atoms with Crippen LogP contribution in [-0.4, -0.2) is 5.78 Å².